The van der Waals surface area contributed by atoms with Gasteiger partial charge < -0.3 is 10.6 Å². The zero-order valence-corrected chi connectivity index (χ0v) is 11.1. The summed E-state index contributed by atoms with van der Waals surface area (Å²) in [6.07, 6.45) is 0. The van der Waals surface area contributed by atoms with Gasteiger partial charge in [0.15, 0.2) is 9.84 Å². The van der Waals surface area contributed by atoms with Crippen LogP contribution in [0, 0.1) is 5.82 Å². The van der Waals surface area contributed by atoms with Gasteiger partial charge in [-0.15, -0.1) is 0 Å². The van der Waals surface area contributed by atoms with Gasteiger partial charge in [-0.05, 0) is 24.6 Å². The van der Waals surface area contributed by atoms with Crippen LogP contribution in [-0.4, -0.2) is 32.5 Å². The van der Waals surface area contributed by atoms with Gasteiger partial charge in [0, 0.05) is 19.1 Å². The van der Waals surface area contributed by atoms with Crippen LogP contribution in [0.15, 0.2) is 18.2 Å². The molecule has 1 fully saturated rings. The Morgan fingerprint density at radius 2 is 2.22 bits per heavy atom. The molecule has 1 atom stereocenters. The minimum absolute atomic E-state index is 0.0745. The quantitative estimate of drug-likeness (QED) is 0.869. The fourth-order valence-corrected chi connectivity index (χ4v) is 3.82. The van der Waals surface area contributed by atoms with Crippen LogP contribution < -0.4 is 10.6 Å². The first kappa shape index (κ1) is 13.3. The molecule has 1 aromatic rings. The molecular formula is C12H17FN2O2S. The summed E-state index contributed by atoms with van der Waals surface area (Å²) in [7, 11) is -2.98. The fourth-order valence-electron chi connectivity index (χ4n) is 2.27. The lowest BCUT2D eigenvalue weighted by atomic mass is 10.1. The van der Waals surface area contributed by atoms with Crippen molar-refractivity contribution < 1.29 is 12.8 Å². The van der Waals surface area contributed by atoms with Gasteiger partial charge in [0.05, 0.1) is 17.2 Å². The minimum atomic E-state index is -2.98. The van der Waals surface area contributed by atoms with Crippen LogP contribution >= 0.6 is 0 Å². The first-order valence-corrected chi connectivity index (χ1v) is 7.70. The molecule has 1 aliphatic heterocycles. The Labute approximate surface area is 107 Å². The number of hydrogen-bond donors (Lipinski definition) is 1. The lowest BCUT2D eigenvalue weighted by Crippen LogP contribution is -2.47. The maximum Gasteiger partial charge on any atom is 0.154 e. The molecule has 1 heterocycles. The van der Waals surface area contributed by atoms with E-state index in [0.29, 0.717) is 18.8 Å². The highest BCUT2D eigenvalue weighted by atomic mass is 32.2. The molecule has 0 amide bonds. The minimum Gasteiger partial charge on any atom is -0.364 e. The summed E-state index contributed by atoms with van der Waals surface area (Å²) >= 11 is 0. The largest absolute Gasteiger partial charge is 0.364 e. The van der Waals surface area contributed by atoms with Crippen molar-refractivity contribution in [3.63, 3.8) is 0 Å². The van der Waals surface area contributed by atoms with Crippen molar-refractivity contribution >= 4 is 15.5 Å². The Morgan fingerprint density at radius 1 is 1.50 bits per heavy atom. The Hall–Kier alpha value is -1.14. The van der Waals surface area contributed by atoms with Gasteiger partial charge in [-0.3, -0.25) is 0 Å². The van der Waals surface area contributed by atoms with Crippen LogP contribution in [0.3, 0.4) is 0 Å². The van der Waals surface area contributed by atoms with Crippen LogP contribution in [0.25, 0.3) is 0 Å². The zero-order chi connectivity index (χ0) is 13.3. The molecule has 0 saturated carbocycles. The maximum absolute atomic E-state index is 13.9. The van der Waals surface area contributed by atoms with Crippen molar-refractivity contribution in [2.75, 3.05) is 23.0 Å². The average Bonchev–Trinajstić information content (AvgIpc) is 2.29. The third-order valence-corrected chi connectivity index (χ3v) is 5.02. The van der Waals surface area contributed by atoms with Crippen molar-refractivity contribution in [2.24, 2.45) is 5.73 Å². The molecule has 18 heavy (non-hydrogen) atoms. The predicted octanol–water partition coefficient (Wildman–Crippen LogP) is 0.908. The molecule has 2 N–H and O–H groups in total. The predicted molar refractivity (Wildman–Crippen MR) is 69.8 cm³/mol. The van der Waals surface area contributed by atoms with E-state index in [2.05, 4.69) is 0 Å². The molecule has 1 unspecified atom stereocenters. The Morgan fingerprint density at radius 3 is 2.78 bits per heavy atom. The normalized spacial score (nSPS) is 23.1. The highest BCUT2D eigenvalue weighted by Gasteiger charge is 2.29. The van der Waals surface area contributed by atoms with Gasteiger partial charge in [0.1, 0.15) is 5.82 Å². The number of nitrogens with zero attached hydrogens (tertiary/aromatic N) is 1. The van der Waals surface area contributed by atoms with Crippen LogP contribution in [0.2, 0.25) is 0 Å². The van der Waals surface area contributed by atoms with Gasteiger partial charge in [0.25, 0.3) is 0 Å². The van der Waals surface area contributed by atoms with E-state index in [0.717, 1.165) is 5.56 Å². The van der Waals surface area contributed by atoms with Gasteiger partial charge in [0.2, 0.25) is 0 Å². The van der Waals surface area contributed by atoms with E-state index in [4.69, 9.17) is 5.73 Å². The highest BCUT2D eigenvalue weighted by Crippen LogP contribution is 2.25. The topological polar surface area (TPSA) is 63.4 Å². The maximum atomic E-state index is 13.9. The van der Waals surface area contributed by atoms with E-state index in [1.165, 1.54) is 6.07 Å². The molecule has 1 saturated heterocycles. The van der Waals surface area contributed by atoms with Crippen LogP contribution in [0.1, 0.15) is 12.5 Å². The smallest absolute Gasteiger partial charge is 0.154 e. The summed E-state index contributed by atoms with van der Waals surface area (Å²) in [4.78, 5) is 1.80. The Balaban J connectivity index is 2.27. The number of nitrogens with two attached hydrogens (primary N) is 1. The van der Waals surface area contributed by atoms with Crippen LogP contribution in [-0.2, 0) is 16.4 Å². The van der Waals surface area contributed by atoms with E-state index < -0.39 is 9.84 Å². The first-order valence-electron chi connectivity index (χ1n) is 5.88. The second-order valence-corrected chi connectivity index (χ2v) is 6.88. The molecule has 0 radical (unpaired) electrons. The van der Waals surface area contributed by atoms with E-state index in [1.54, 1.807) is 24.0 Å². The number of anilines is 1. The molecule has 100 valence electrons. The van der Waals surface area contributed by atoms with E-state index in [-0.39, 0.29) is 23.4 Å². The number of sulfone groups is 1. The van der Waals surface area contributed by atoms with Gasteiger partial charge in [-0.2, -0.15) is 0 Å². The Bertz CT molecular complexity index is 545. The summed E-state index contributed by atoms with van der Waals surface area (Å²) in [5, 5.41) is 0. The molecule has 0 spiro atoms. The van der Waals surface area contributed by atoms with E-state index >= 15 is 0 Å². The van der Waals surface area contributed by atoms with Crippen molar-refractivity contribution in [2.45, 2.75) is 19.5 Å². The van der Waals surface area contributed by atoms with E-state index in [9.17, 15) is 12.8 Å². The fraction of sp³-hybridized carbons (Fsp3) is 0.500. The molecule has 2 rings (SSSR count). The lowest BCUT2D eigenvalue weighted by molar-refractivity contribution is 0.558. The molecule has 0 aromatic heterocycles. The number of hydrogen-bond acceptors (Lipinski definition) is 4. The molecular weight excluding hydrogens is 255 g/mol. The lowest BCUT2D eigenvalue weighted by Gasteiger charge is -2.35. The van der Waals surface area contributed by atoms with E-state index in [1.807, 2.05) is 0 Å². The van der Waals surface area contributed by atoms with Crippen molar-refractivity contribution in [1.82, 2.24) is 0 Å². The standard InChI is InChI=1S/C12H17FN2O2S/c1-9-8-18(16,17)5-4-15(9)12-3-2-10(7-14)6-11(12)13/h2-3,6,9H,4-5,7-8,14H2,1H3. The molecule has 4 nitrogen and oxygen atoms in total. The van der Waals surface area contributed by atoms with Crippen LogP contribution in [0.4, 0.5) is 10.1 Å². The third-order valence-electron chi connectivity index (χ3n) is 3.23. The van der Waals surface area contributed by atoms with Crippen molar-refractivity contribution in [3.8, 4) is 0 Å². The summed E-state index contributed by atoms with van der Waals surface area (Å²) < 4.78 is 36.9. The monoisotopic (exact) mass is 272 g/mol. The summed E-state index contributed by atoms with van der Waals surface area (Å²) in [5.41, 5.74) is 6.63. The van der Waals surface area contributed by atoms with Gasteiger partial charge in [-0.1, -0.05) is 6.07 Å². The molecule has 1 aliphatic rings. The summed E-state index contributed by atoms with van der Waals surface area (Å²) in [6.45, 7) is 2.43. The average molecular weight is 272 g/mol. The Kier molecular flexibility index (Phi) is 3.59. The molecule has 0 bridgehead atoms. The van der Waals surface area contributed by atoms with Crippen molar-refractivity contribution in [1.29, 1.82) is 0 Å². The highest BCUT2D eigenvalue weighted by molar-refractivity contribution is 7.91. The van der Waals surface area contributed by atoms with Gasteiger partial charge in [-0.25, -0.2) is 12.8 Å². The number of halogens is 1. The number of benzene rings is 1. The molecule has 0 aliphatic carbocycles. The summed E-state index contributed by atoms with van der Waals surface area (Å²) in [6, 6.07) is 4.65. The zero-order valence-electron chi connectivity index (χ0n) is 10.3. The second kappa shape index (κ2) is 4.85. The molecule has 1 aromatic carbocycles. The van der Waals surface area contributed by atoms with Crippen LogP contribution in [0.5, 0.6) is 0 Å². The third kappa shape index (κ3) is 2.64. The van der Waals surface area contributed by atoms with Gasteiger partial charge >= 0.3 is 0 Å². The van der Waals surface area contributed by atoms with Crippen molar-refractivity contribution in [3.05, 3.63) is 29.6 Å². The number of rotatable bonds is 2. The second-order valence-electron chi connectivity index (χ2n) is 4.65. The summed E-state index contributed by atoms with van der Waals surface area (Å²) in [5.74, 6) is -0.190. The molecule has 6 heteroatoms. The SMILES string of the molecule is CC1CS(=O)(=O)CCN1c1ccc(CN)cc1F. The first-order chi connectivity index (χ1) is 8.43.